The first-order chi connectivity index (χ1) is 15.5. The number of carbonyl (C=O) groups excluding carboxylic acids is 2. The fraction of sp³-hybridized carbons (Fsp3) is 0.462. The Morgan fingerprint density at radius 1 is 1.09 bits per heavy atom. The van der Waals surface area contributed by atoms with Gasteiger partial charge < -0.3 is 15.0 Å². The van der Waals surface area contributed by atoms with E-state index >= 15 is 0 Å². The van der Waals surface area contributed by atoms with Gasteiger partial charge in [0.2, 0.25) is 11.8 Å². The first kappa shape index (κ1) is 25.8. The van der Waals surface area contributed by atoms with E-state index in [1.807, 2.05) is 56.3 Å². The maximum atomic E-state index is 13.3. The maximum absolute atomic E-state index is 13.3. The van der Waals surface area contributed by atoms with Crippen LogP contribution in [0.15, 0.2) is 48.5 Å². The number of hydrogen-bond acceptors (Lipinski definition) is 4. The van der Waals surface area contributed by atoms with Gasteiger partial charge in [0.05, 0.1) is 12.9 Å². The zero-order chi connectivity index (χ0) is 23.3. The molecule has 6 heteroatoms. The molecule has 1 N–H and O–H groups in total. The van der Waals surface area contributed by atoms with Crippen molar-refractivity contribution in [2.24, 2.45) is 0 Å². The fourth-order valence-electron chi connectivity index (χ4n) is 3.49. The quantitative estimate of drug-likeness (QED) is 0.433. The Hall–Kier alpha value is -2.47. The topological polar surface area (TPSA) is 58.6 Å². The highest BCUT2D eigenvalue weighted by Crippen LogP contribution is 2.19. The van der Waals surface area contributed by atoms with E-state index < -0.39 is 6.04 Å². The van der Waals surface area contributed by atoms with Crippen LogP contribution in [0.1, 0.15) is 49.8 Å². The summed E-state index contributed by atoms with van der Waals surface area (Å²) in [7, 11) is 1.65. The third-order valence-corrected chi connectivity index (χ3v) is 6.29. The van der Waals surface area contributed by atoms with Crippen LogP contribution in [-0.4, -0.2) is 42.2 Å². The molecule has 1 unspecified atom stereocenters. The van der Waals surface area contributed by atoms with Gasteiger partial charge >= 0.3 is 0 Å². The second-order valence-electron chi connectivity index (χ2n) is 7.92. The monoisotopic (exact) mass is 456 g/mol. The third kappa shape index (κ3) is 8.23. The lowest BCUT2D eigenvalue weighted by molar-refractivity contribution is -0.139. The van der Waals surface area contributed by atoms with E-state index in [1.165, 1.54) is 0 Å². The van der Waals surface area contributed by atoms with Crippen LogP contribution >= 0.6 is 11.8 Å². The van der Waals surface area contributed by atoms with Crippen LogP contribution in [0.5, 0.6) is 5.75 Å². The second-order valence-corrected chi connectivity index (χ2v) is 8.91. The van der Waals surface area contributed by atoms with Crippen molar-refractivity contribution in [2.45, 2.75) is 58.4 Å². The Kier molecular flexibility index (Phi) is 11.2. The van der Waals surface area contributed by atoms with Gasteiger partial charge in [-0.15, -0.1) is 11.8 Å². The van der Waals surface area contributed by atoms with E-state index in [1.54, 1.807) is 23.8 Å². The van der Waals surface area contributed by atoms with Gasteiger partial charge in [-0.3, -0.25) is 9.59 Å². The Labute approximate surface area is 196 Å². The summed E-state index contributed by atoms with van der Waals surface area (Å²) in [5.74, 6) is 1.80. The molecule has 5 nitrogen and oxygen atoms in total. The number of aryl methyl sites for hydroxylation is 1. The minimum Gasteiger partial charge on any atom is -0.497 e. The molecule has 0 saturated heterocycles. The summed E-state index contributed by atoms with van der Waals surface area (Å²) in [5.41, 5.74) is 3.32. The number of rotatable bonds is 13. The number of ether oxygens (including phenoxy) is 1. The van der Waals surface area contributed by atoms with Crippen LogP contribution in [0.3, 0.4) is 0 Å². The van der Waals surface area contributed by atoms with Crippen LogP contribution in [0.4, 0.5) is 0 Å². The zero-order valence-electron chi connectivity index (χ0n) is 19.7. The van der Waals surface area contributed by atoms with Gasteiger partial charge in [-0.1, -0.05) is 62.2 Å². The number of nitrogens with zero attached hydrogens (tertiary/aromatic N) is 1. The maximum Gasteiger partial charge on any atom is 0.242 e. The molecule has 0 bridgehead atoms. The Morgan fingerprint density at radius 2 is 1.84 bits per heavy atom. The van der Waals surface area contributed by atoms with Crippen molar-refractivity contribution in [1.29, 1.82) is 0 Å². The predicted molar refractivity (Wildman–Crippen MR) is 133 cm³/mol. The number of amides is 2. The van der Waals surface area contributed by atoms with Crippen molar-refractivity contribution >= 4 is 23.6 Å². The molecule has 32 heavy (non-hydrogen) atoms. The predicted octanol–water partition coefficient (Wildman–Crippen LogP) is 4.96. The van der Waals surface area contributed by atoms with Gasteiger partial charge in [0, 0.05) is 18.8 Å². The molecule has 2 aromatic carbocycles. The number of hydrogen-bond donors (Lipinski definition) is 1. The smallest absolute Gasteiger partial charge is 0.242 e. The molecule has 174 valence electrons. The molecule has 2 rings (SSSR count). The molecule has 0 heterocycles. The largest absolute Gasteiger partial charge is 0.497 e. The molecular weight excluding hydrogens is 420 g/mol. The van der Waals surface area contributed by atoms with Gasteiger partial charge in [-0.25, -0.2) is 0 Å². The zero-order valence-corrected chi connectivity index (χ0v) is 20.5. The van der Waals surface area contributed by atoms with Crippen LogP contribution in [0.2, 0.25) is 0 Å². The third-order valence-electron chi connectivity index (χ3n) is 5.30. The first-order valence-corrected chi connectivity index (χ1v) is 12.5. The highest BCUT2D eigenvalue weighted by atomic mass is 32.2. The Balaban J connectivity index is 2.08. The lowest BCUT2D eigenvalue weighted by Gasteiger charge is -2.30. The molecule has 0 saturated carbocycles. The van der Waals surface area contributed by atoms with Gasteiger partial charge in [-0.2, -0.15) is 0 Å². The summed E-state index contributed by atoms with van der Waals surface area (Å²) in [6, 6.07) is 15.5. The normalized spacial score (nSPS) is 11.6. The Morgan fingerprint density at radius 3 is 2.47 bits per heavy atom. The second kappa shape index (κ2) is 13.8. The Bertz CT molecular complexity index is 854. The van der Waals surface area contributed by atoms with Gasteiger partial charge in [0.1, 0.15) is 11.8 Å². The van der Waals surface area contributed by atoms with Crippen molar-refractivity contribution < 1.29 is 14.3 Å². The summed E-state index contributed by atoms with van der Waals surface area (Å²) in [6.45, 7) is 7.17. The summed E-state index contributed by atoms with van der Waals surface area (Å²) in [6.07, 6.45) is 2.54. The summed E-state index contributed by atoms with van der Waals surface area (Å²) in [5, 5.41) is 3.01. The molecule has 0 aliphatic heterocycles. The highest BCUT2D eigenvalue weighted by Gasteiger charge is 2.28. The van der Waals surface area contributed by atoms with Gasteiger partial charge in [-0.05, 0) is 43.0 Å². The summed E-state index contributed by atoms with van der Waals surface area (Å²) < 4.78 is 5.20. The number of benzene rings is 2. The number of unbranched alkanes of at least 4 members (excludes halogenated alkanes) is 1. The van der Waals surface area contributed by atoms with E-state index in [0.29, 0.717) is 25.3 Å². The average Bonchev–Trinajstić information content (AvgIpc) is 2.79. The SMILES string of the molecule is CCCCNC(=O)C(CC)N(Cc1cccc(C)c1)C(=O)CSCc1ccc(OC)cc1. The lowest BCUT2D eigenvalue weighted by Crippen LogP contribution is -2.49. The molecule has 2 amide bonds. The van der Waals surface area contributed by atoms with Crippen molar-refractivity contribution in [3.8, 4) is 5.75 Å². The summed E-state index contributed by atoms with van der Waals surface area (Å²) in [4.78, 5) is 27.9. The summed E-state index contributed by atoms with van der Waals surface area (Å²) >= 11 is 1.57. The van der Waals surface area contributed by atoms with Crippen LogP contribution in [0, 0.1) is 6.92 Å². The van der Waals surface area contributed by atoms with E-state index in [-0.39, 0.29) is 11.8 Å². The van der Waals surface area contributed by atoms with E-state index in [4.69, 9.17) is 4.74 Å². The number of methoxy groups -OCH3 is 1. The molecular formula is C26H36N2O3S. The van der Waals surface area contributed by atoms with Gasteiger partial charge in [0.15, 0.2) is 0 Å². The molecule has 1 atom stereocenters. The molecule has 0 spiro atoms. The molecule has 0 aromatic heterocycles. The standard InChI is InChI=1S/C26H36N2O3S/c1-5-7-15-27-26(30)24(6-2)28(17-22-10-8-9-20(3)16-22)25(29)19-32-18-21-11-13-23(31-4)14-12-21/h8-14,16,24H,5-7,15,17-19H2,1-4H3,(H,27,30). The molecule has 2 aromatic rings. The lowest BCUT2D eigenvalue weighted by atomic mass is 10.1. The van der Waals surface area contributed by atoms with Crippen molar-refractivity contribution in [3.05, 3.63) is 65.2 Å². The average molecular weight is 457 g/mol. The minimum atomic E-state index is -0.471. The van der Waals surface area contributed by atoms with E-state index in [2.05, 4.69) is 18.3 Å². The van der Waals surface area contributed by atoms with Crippen LogP contribution in [0.25, 0.3) is 0 Å². The van der Waals surface area contributed by atoms with Crippen molar-refractivity contribution in [3.63, 3.8) is 0 Å². The van der Waals surface area contributed by atoms with E-state index in [0.717, 1.165) is 41.0 Å². The molecule has 0 aliphatic carbocycles. The van der Waals surface area contributed by atoms with E-state index in [9.17, 15) is 9.59 Å². The number of nitrogens with one attached hydrogen (secondary N) is 1. The number of thioether (sulfide) groups is 1. The molecule has 0 fully saturated rings. The van der Waals surface area contributed by atoms with Crippen molar-refractivity contribution in [1.82, 2.24) is 10.2 Å². The number of carbonyl (C=O) groups is 2. The minimum absolute atomic E-state index is 0.0116. The van der Waals surface area contributed by atoms with Gasteiger partial charge in [0.25, 0.3) is 0 Å². The molecule has 0 aliphatic rings. The van der Waals surface area contributed by atoms with Crippen molar-refractivity contribution in [2.75, 3.05) is 19.4 Å². The van der Waals surface area contributed by atoms with Crippen LogP contribution < -0.4 is 10.1 Å². The highest BCUT2D eigenvalue weighted by molar-refractivity contribution is 7.99. The fourth-order valence-corrected chi connectivity index (χ4v) is 4.36. The molecule has 0 radical (unpaired) electrons. The first-order valence-electron chi connectivity index (χ1n) is 11.3. The van der Waals surface area contributed by atoms with Crippen LogP contribution in [-0.2, 0) is 21.9 Å².